The van der Waals surface area contributed by atoms with Crippen LogP contribution >= 0.6 is 0 Å². The van der Waals surface area contributed by atoms with Crippen LogP contribution in [-0.4, -0.2) is 53.5 Å². The summed E-state index contributed by atoms with van der Waals surface area (Å²) in [5.41, 5.74) is 0. The first-order valence-corrected chi connectivity index (χ1v) is 8.80. The fourth-order valence-corrected chi connectivity index (χ4v) is 2.25. The molecule has 0 bridgehead atoms. The van der Waals surface area contributed by atoms with Gasteiger partial charge in [0.05, 0.1) is 40.3 Å². The van der Waals surface area contributed by atoms with Crippen LogP contribution in [0.3, 0.4) is 0 Å². The molecule has 0 spiro atoms. The van der Waals surface area contributed by atoms with Crippen molar-refractivity contribution in [2.24, 2.45) is 0 Å². The first kappa shape index (κ1) is 22.2. The second kappa shape index (κ2) is 16.9. The minimum absolute atomic E-state index is 0.844. The number of nitrogens with one attached hydrogen (secondary N) is 2. The number of rotatable bonds is 6. The van der Waals surface area contributed by atoms with Gasteiger partial charge in [-0.2, -0.15) is 0 Å². The van der Waals surface area contributed by atoms with Crippen LogP contribution in [0.15, 0.2) is 0 Å². The van der Waals surface area contributed by atoms with Crippen LogP contribution in [0.1, 0.15) is 59.8 Å². The summed E-state index contributed by atoms with van der Waals surface area (Å²) in [6.45, 7) is 12.3. The van der Waals surface area contributed by atoms with Gasteiger partial charge < -0.3 is 14.5 Å². The Morgan fingerprint density at radius 3 is 1.85 bits per heavy atom. The van der Waals surface area contributed by atoms with E-state index in [0.29, 0.717) is 0 Å². The molecule has 1 rings (SSSR count). The van der Waals surface area contributed by atoms with Crippen LogP contribution in [-0.2, 0) is 4.74 Å². The Morgan fingerprint density at radius 2 is 1.50 bits per heavy atom. The molecule has 0 aliphatic heterocycles. The summed E-state index contributed by atoms with van der Waals surface area (Å²) < 4.78 is 5.19. The maximum absolute atomic E-state index is 5.19. The molecule has 124 valence electrons. The molecule has 0 aromatic rings. The van der Waals surface area contributed by atoms with Crippen molar-refractivity contribution in [3.05, 3.63) is 0 Å². The third-order valence-corrected chi connectivity index (χ3v) is 3.90. The summed E-state index contributed by atoms with van der Waals surface area (Å²) >= 11 is 0. The predicted molar refractivity (Wildman–Crippen MR) is 89.8 cm³/mol. The van der Waals surface area contributed by atoms with E-state index in [1.165, 1.54) is 43.5 Å². The number of likely N-dealkylation sites (N-methyl/N-ethyl adjacent to an activating group) is 1. The summed E-state index contributed by atoms with van der Waals surface area (Å²) in [4.78, 5) is 3.18. The molecule has 1 saturated carbocycles. The van der Waals surface area contributed by atoms with Gasteiger partial charge in [-0.15, -0.1) is 0 Å². The van der Waals surface area contributed by atoms with Gasteiger partial charge in [0.15, 0.2) is 0 Å². The fraction of sp³-hybridized carbons (Fsp3) is 1.00. The molecule has 2 N–H and O–H groups in total. The summed E-state index contributed by atoms with van der Waals surface area (Å²) in [5.74, 6) is 0. The molecule has 0 amide bonds. The summed E-state index contributed by atoms with van der Waals surface area (Å²) in [6, 6.07) is 0.971. The Hall–Kier alpha value is -0.120. The summed E-state index contributed by atoms with van der Waals surface area (Å²) in [7, 11) is 6.73. The Kier molecular flexibility index (Phi) is 18.8. The van der Waals surface area contributed by atoms with Crippen LogP contribution in [0.25, 0.3) is 0 Å². The molecule has 20 heavy (non-hydrogen) atoms. The van der Waals surface area contributed by atoms with Gasteiger partial charge in [0.25, 0.3) is 0 Å². The summed E-state index contributed by atoms with van der Waals surface area (Å²) in [6.07, 6.45) is 7.33. The van der Waals surface area contributed by atoms with E-state index < -0.39 is 0 Å². The molecule has 1 unspecified atom stereocenters. The number of hydrogen-bond donors (Lipinski definition) is 2. The third-order valence-electron chi connectivity index (χ3n) is 3.90. The lowest BCUT2D eigenvalue weighted by Gasteiger charge is -2.24. The maximum Gasteiger partial charge on any atom is 0.101 e. The normalized spacial score (nSPS) is 16.8. The zero-order valence-corrected chi connectivity index (χ0v) is 15.3. The Labute approximate surface area is 128 Å². The van der Waals surface area contributed by atoms with Crippen molar-refractivity contribution >= 4 is 0 Å². The molecule has 0 heterocycles. The van der Waals surface area contributed by atoms with Gasteiger partial charge >= 0.3 is 0 Å². The van der Waals surface area contributed by atoms with E-state index in [1.807, 2.05) is 20.8 Å². The molecule has 3 nitrogen and oxygen atoms in total. The zero-order valence-electron chi connectivity index (χ0n) is 15.3. The van der Waals surface area contributed by atoms with Gasteiger partial charge in [0.2, 0.25) is 0 Å². The van der Waals surface area contributed by atoms with Crippen LogP contribution in [0.2, 0.25) is 0 Å². The van der Waals surface area contributed by atoms with Crippen molar-refractivity contribution < 1.29 is 14.5 Å². The monoisotopic (exact) mass is 290 g/mol. The third kappa shape index (κ3) is 14.3. The lowest BCUT2D eigenvalue weighted by Crippen LogP contribution is -3.10. The van der Waals surface area contributed by atoms with Crippen molar-refractivity contribution in [1.29, 1.82) is 0 Å². The highest BCUT2D eigenvalue weighted by Crippen LogP contribution is 2.14. The Morgan fingerprint density at radius 1 is 0.950 bits per heavy atom. The van der Waals surface area contributed by atoms with Crippen LogP contribution in [0.4, 0.5) is 0 Å². The van der Waals surface area contributed by atoms with Crippen molar-refractivity contribution in [3.8, 4) is 0 Å². The standard InChI is InChI=1S/C8H17N.C7H17NO.C2H6/c1-9(2)8-6-4-3-5-7-8;1-4-8(3)6-7-9-5-2;1-2/h8H,3-7H2,1-2H3;4-7H2,1-3H3;1-2H3/p+2. The number of quaternary nitrogens is 2. The molecule has 0 saturated heterocycles. The molecule has 1 aliphatic carbocycles. The van der Waals surface area contributed by atoms with Gasteiger partial charge in [-0.05, 0) is 39.5 Å². The molecular formula is C17H42N2O+2. The largest absolute Gasteiger partial charge is 0.376 e. The maximum atomic E-state index is 5.19. The highest BCUT2D eigenvalue weighted by atomic mass is 16.5. The topological polar surface area (TPSA) is 18.1 Å². The van der Waals surface area contributed by atoms with Gasteiger partial charge in [-0.25, -0.2) is 0 Å². The molecule has 3 heteroatoms. The smallest absolute Gasteiger partial charge is 0.101 e. The van der Waals surface area contributed by atoms with Gasteiger partial charge in [0, 0.05) is 6.61 Å². The lowest BCUT2D eigenvalue weighted by molar-refractivity contribution is -0.887. The van der Waals surface area contributed by atoms with E-state index >= 15 is 0 Å². The lowest BCUT2D eigenvalue weighted by atomic mass is 9.95. The highest BCUT2D eigenvalue weighted by Gasteiger charge is 2.17. The van der Waals surface area contributed by atoms with Crippen LogP contribution in [0.5, 0.6) is 0 Å². The van der Waals surface area contributed by atoms with Gasteiger partial charge in [-0.1, -0.05) is 20.3 Å². The number of hydrogen-bond acceptors (Lipinski definition) is 1. The van der Waals surface area contributed by atoms with E-state index in [2.05, 4.69) is 28.1 Å². The predicted octanol–water partition coefficient (Wildman–Crippen LogP) is 1.05. The van der Waals surface area contributed by atoms with Crippen molar-refractivity contribution in [2.45, 2.75) is 65.8 Å². The molecular weight excluding hydrogens is 248 g/mol. The molecule has 0 aromatic heterocycles. The number of ether oxygens (including phenoxy) is 1. The first-order valence-electron chi connectivity index (χ1n) is 8.80. The first-order chi connectivity index (χ1) is 9.61. The molecule has 1 atom stereocenters. The molecule has 0 radical (unpaired) electrons. The van der Waals surface area contributed by atoms with E-state index in [4.69, 9.17) is 4.74 Å². The van der Waals surface area contributed by atoms with Crippen molar-refractivity contribution in [1.82, 2.24) is 0 Å². The fourth-order valence-electron chi connectivity index (χ4n) is 2.25. The molecule has 1 aliphatic rings. The SMILES string of the molecule is CC.CCOCC[NH+](C)CC.C[NH+](C)C1CCCCC1. The second-order valence-electron chi connectivity index (χ2n) is 5.67. The van der Waals surface area contributed by atoms with Crippen LogP contribution in [0, 0.1) is 0 Å². The van der Waals surface area contributed by atoms with Gasteiger partial charge in [-0.3, -0.25) is 0 Å². The van der Waals surface area contributed by atoms with Gasteiger partial charge in [0.1, 0.15) is 6.54 Å². The second-order valence-corrected chi connectivity index (χ2v) is 5.67. The Bertz CT molecular complexity index is 168. The summed E-state index contributed by atoms with van der Waals surface area (Å²) in [5, 5.41) is 0. The van der Waals surface area contributed by atoms with E-state index in [-0.39, 0.29) is 0 Å². The highest BCUT2D eigenvalue weighted by molar-refractivity contribution is 4.62. The minimum Gasteiger partial charge on any atom is -0.376 e. The Balaban J connectivity index is 0. The van der Waals surface area contributed by atoms with Crippen molar-refractivity contribution in [3.63, 3.8) is 0 Å². The quantitative estimate of drug-likeness (QED) is 0.700. The van der Waals surface area contributed by atoms with Crippen LogP contribution < -0.4 is 9.80 Å². The van der Waals surface area contributed by atoms with Crippen molar-refractivity contribution in [2.75, 3.05) is 47.4 Å². The average molecular weight is 291 g/mol. The van der Waals surface area contributed by atoms with E-state index in [0.717, 1.165) is 25.8 Å². The van der Waals surface area contributed by atoms with E-state index in [1.54, 1.807) is 4.90 Å². The minimum atomic E-state index is 0.844. The molecule has 1 fully saturated rings. The van der Waals surface area contributed by atoms with E-state index in [9.17, 15) is 0 Å². The zero-order chi connectivity index (χ0) is 15.8. The molecule has 0 aromatic carbocycles. The average Bonchev–Trinajstić information content (AvgIpc) is 2.51.